The lowest BCUT2D eigenvalue weighted by atomic mass is 10.1. The van der Waals surface area contributed by atoms with Crippen LogP contribution in [0.5, 0.6) is 0 Å². The van der Waals surface area contributed by atoms with Gasteiger partial charge >= 0.3 is 5.97 Å². The number of nitrogens with zero attached hydrogens (tertiary/aromatic N) is 2. The van der Waals surface area contributed by atoms with Crippen molar-refractivity contribution in [2.24, 2.45) is 5.92 Å². The molecule has 0 aliphatic carbocycles. The second-order valence-corrected chi connectivity index (χ2v) is 7.03. The summed E-state index contributed by atoms with van der Waals surface area (Å²) >= 11 is 0. The van der Waals surface area contributed by atoms with Gasteiger partial charge in [-0.2, -0.15) is 0 Å². The van der Waals surface area contributed by atoms with Gasteiger partial charge in [0.1, 0.15) is 0 Å². The second kappa shape index (κ2) is 6.60. The van der Waals surface area contributed by atoms with Gasteiger partial charge < -0.3 is 9.74 Å². The van der Waals surface area contributed by atoms with Gasteiger partial charge in [-0.05, 0) is 49.2 Å². The summed E-state index contributed by atoms with van der Waals surface area (Å²) in [5.41, 5.74) is 3.25. The number of amides is 3. The van der Waals surface area contributed by atoms with Crippen molar-refractivity contribution in [3.8, 4) is 0 Å². The standard InChI is InChI=1S/C21H18N2O5/c1-12-7-8-15(9-13(12)2)22-11-14(10-18(22)24)21(27)28-23-19(25)16-5-3-4-6-17(16)20(23)26/h3-9,14H,10-11H2,1-2H3. The first-order valence-electron chi connectivity index (χ1n) is 8.94. The minimum absolute atomic E-state index is 0.0328. The van der Waals surface area contributed by atoms with Gasteiger partial charge in [0.05, 0.1) is 17.0 Å². The maximum atomic E-state index is 12.5. The van der Waals surface area contributed by atoms with Crippen molar-refractivity contribution in [1.82, 2.24) is 5.06 Å². The molecule has 7 heteroatoms. The van der Waals surface area contributed by atoms with E-state index in [4.69, 9.17) is 4.84 Å². The third-order valence-electron chi connectivity index (χ3n) is 5.20. The van der Waals surface area contributed by atoms with E-state index in [0.717, 1.165) is 11.1 Å². The van der Waals surface area contributed by atoms with E-state index in [-0.39, 0.29) is 30.0 Å². The predicted molar refractivity (Wildman–Crippen MR) is 99.4 cm³/mol. The molecule has 0 aromatic heterocycles. The SMILES string of the molecule is Cc1ccc(N2CC(C(=O)ON3C(=O)c4ccccc4C3=O)CC2=O)cc1C. The molecule has 0 saturated carbocycles. The Bertz CT molecular complexity index is 994. The first kappa shape index (κ1) is 17.9. The van der Waals surface area contributed by atoms with Crippen LogP contribution in [-0.2, 0) is 14.4 Å². The molecular formula is C21H18N2O5. The molecule has 2 aromatic rings. The molecule has 0 radical (unpaired) electrons. The van der Waals surface area contributed by atoms with E-state index < -0.39 is 23.7 Å². The maximum absolute atomic E-state index is 12.5. The molecule has 2 aliphatic heterocycles. The second-order valence-electron chi connectivity index (χ2n) is 7.03. The molecule has 2 aromatic carbocycles. The molecule has 1 atom stereocenters. The van der Waals surface area contributed by atoms with Crippen LogP contribution in [-0.4, -0.2) is 35.3 Å². The Balaban J connectivity index is 1.48. The summed E-state index contributed by atoms with van der Waals surface area (Å²) in [5.74, 6) is -3.08. The van der Waals surface area contributed by atoms with Gasteiger partial charge in [0.2, 0.25) is 5.91 Å². The van der Waals surface area contributed by atoms with Crippen LogP contribution in [0.25, 0.3) is 0 Å². The lowest BCUT2D eigenvalue weighted by Gasteiger charge is -2.18. The minimum atomic E-state index is -0.769. The lowest BCUT2D eigenvalue weighted by molar-refractivity contribution is -0.173. The van der Waals surface area contributed by atoms with Crippen LogP contribution in [0.4, 0.5) is 5.69 Å². The Kier molecular flexibility index (Phi) is 4.22. The number of carbonyl (C=O) groups is 4. The van der Waals surface area contributed by atoms with Crippen LogP contribution in [0.2, 0.25) is 0 Å². The quantitative estimate of drug-likeness (QED) is 0.766. The van der Waals surface area contributed by atoms with Crippen LogP contribution >= 0.6 is 0 Å². The lowest BCUT2D eigenvalue weighted by Crippen LogP contribution is -2.36. The van der Waals surface area contributed by atoms with E-state index in [1.807, 2.05) is 32.0 Å². The summed E-state index contributed by atoms with van der Waals surface area (Å²) in [6.45, 7) is 4.07. The van der Waals surface area contributed by atoms with Crippen molar-refractivity contribution >= 4 is 29.4 Å². The molecule has 28 heavy (non-hydrogen) atoms. The van der Waals surface area contributed by atoms with Crippen molar-refractivity contribution in [2.45, 2.75) is 20.3 Å². The Hall–Kier alpha value is -3.48. The normalized spacial score (nSPS) is 18.6. The fourth-order valence-corrected chi connectivity index (χ4v) is 3.42. The average Bonchev–Trinajstić information content (AvgIpc) is 3.18. The number of carbonyl (C=O) groups excluding carboxylic acids is 4. The molecule has 1 unspecified atom stereocenters. The molecule has 0 spiro atoms. The van der Waals surface area contributed by atoms with Gasteiger partial charge in [-0.15, -0.1) is 0 Å². The summed E-state index contributed by atoms with van der Waals surface area (Å²) < 4.78 is 0. The number of benzene rings is 2. The fourth-order valence-electron chi connectivity index (χ4n) is 3.42. The Morgan fingerprint density at radius 1 is 0.964 bits per heavy atom. The van der Waals surface area contributed by atoms with E-state index >= 15 is 0 Å². The number of hydroxylamine groups is 2. The number of imide groups is 1. The number of fused-ring (bicyclic) bond motifs is 1. The third-order valence-corrected chi connectivity index (χ3v) is 5.20. The van der Waals surface area contributed by atoms with Crippen LogP contribution < -0.4 is 4.90 Å². The minimum Gasteiger partial charge on any atom is -0.329 e. The summed E-state index contributed by atoms with van der Waals surface area (Å²) in [4.78, 5) is 56.2. The third kappa shape index (κ3) is 2.85. The molecule has 1 fully saturated rings. The fraction of sp³-hybridized carbons (Fsp3) is 0.238. The first-order chi connectivity index (χ1) is 13.4. The van der Waals surface area contributed by atoms with Crippen molar-refractivity contribution in [2.75, 3.05) is 11.4 Å². The van der Waals surface area contributed by atoms with Crippen molar-refractivity contribution in [1.29, 1.82) is 0 Å². The van der Waals surface area contributed by atoms with Crippen molar-refractivity contribution in [3.05, 3.63) is 64.7 Å². The largest absolute Gasteiger partial charge is 0.338 e. The number of hydrogen-bond donors (Lipinski definition) is 0. The summed E-state index contributed by atoms with van der Waals surface area (Å²) in [5, 5.41) is 0.482. The summed E-state index contributed by atoms with van der Waals surface area (Å²) in [7, 11) is 0. The van der Waals surface area contributed by atoms with E-state index in [1.165, 1.54) is 17.0 Å². The van der Waals surface area contributed by atoms with Gasteiger partial charge in [0.25, 0.3) is 11.8 Å². The molecule has 2 aliphatic rings. The molecule has 1 saturated heterocycles. The highest BCUT2D eigenvalue weighted by Gasteiger charge is 2.42. The molecular weight excluding hydrogens is 360 g/mol. The monoisotopic (exact) mass is 378 g/mol. The van der Waals surface area contributed by atoms with Gasteiger partial charge in [-0.25, -0.2) is 4.79 Å². The zero-order valence-corrected chi connectivity index (χ0v) is 15.5. The van der Waals surface area contributed by atoms with E-state index in [0.29, 0.717) is 10.8 Å². The maximum Gasteiger partial charge on any atom is 0.338 e. The molecule has 0 N–H and O–H groups in total. The summed E-state index contributed by atoms with van der Waals surface area (Å²) in [6, 6.07) is 11.9. The number of rotatable bonds is 3. The predicted octanol–water partition coefficient (Wildman–Crippen LogP) is 2.41. The molecule has 4 rings (SSSR count). The van der Waals surface area contributed by atoms with Gasteiger partial charge in [0, 0.05) is 18.7 Å². The number of aryl methyl sites for hydroxylation is 2. The molecule has 0 bridgehead atoms. The molecule has 3 amide bonds. The molecule has 2 heterocycles. The van der Waals surface area contributed by atoms with Gasteiger partial charge in [0.15, 0.2) is 0 Å². The number of hydrogen-bond acceptors (Lipinski definition) is 5. The summed E-state index contributed by atoms with van der Waals surface area (Å²) in [6.07, 6.45) is -0.0328. The molecule has 7 nitrogen and oxygen atoms in total. The highest BCUT2D eigenvalue weighted by molar-refractivity contribution is 6.21. The van der Waals surface area contributed by atoms with E-state index in [2.05, 4.69) is 0 Å². The van der Waals surface area contributed by atoms with Gasteiger partial charge in [-0.1, -0.05) is 23.3 Å². The topological polar surface area (TPSA) is 84.0 Å². The van der Waals surface area contributed by atoms with E-state index in [1.54, 1.807) is 12.1 Å². The Morgan fingerprint density at radius 2 is 1.61 bits per heavy atom. The van der Waals surface area contributed by atoms with Crippen molar-refractivity contribution < 1.29 is 24.0 Å². The highest BCUT2D eigenvalue weighted by Crippen LogP contribution is 2.29. The van der Waals surface area contributed by atoms with Crippen LogP contribution in [0, 0.1) is 19.8 Å². The zero-order chi connectivity index (χ0) is 20.0. The average molecular weight is 378 g/mol. The first-order valence-corrected chi connectivity index (χ1v) is 8.94. The molecule has 142 valence electrons. The van der Waals surface area contributed by atoms with Crippen LogP contribution in [0.3, 0.4) is 0 Å². The van der Waals surface area contributed by atoms with Crippen molar-refractivity contribution in [3.63, 3.8) is 0 Å². The van der Waals surface area contributed by atoms with E-state index in [9.17, 15) is 19.2 Å². The van der Waals surface area contributed by atoms with Gasteiger partial charge in [-0.3, -0.25) is 14.4 Å². The highest BCUT2D eigenvalue weighted by atomic mass is 16.7. The Labute approximate surface area is 161 Å². The number of anilines is 1. The zero-order valence-electron chi connectivity index (χ0n) is 15.5. The Morgan fingerprint density at radius 3 is 2.21 bits per heavy atom. The van der Waals surface area contributed by atoms with Crippen LogP contribution in [0.15, 0.2) is 42.5 Å². The van der Waals surface area contributed by atoms with Crippen LogP contribution in [0.1, 0.15) is 38.3 Å². The smallest absolute Gasteiger partial charge is 0.329 e.